The number of hydrogen-bond acceptors (Lipinski definition) is 0. The van der Waals surface area contributed by atoms with Gasteiger partial charge in [-0.2, -0.15) is 0 Å². The third kappa shape index (κ3) is 5.23. The molecular formula is C37H50Zr. The number of allylic oxidation sites excluding steroid dienone is 4. The summed E-state index contributed by atoms with van der Waals surface area (Å²) in [7, 11) is 0. The van der Waals surface area contributed by atoms with Crippen molar-refractivity contribution in [2.45, 2.75) is 116 Å². The Bertz CT molecular complexity index is 1270. The maximum absolute atomic E-state index is 2.70. The molecule has 0 aromatic heterocycles. The van der Waals surface area contributed by atoms with Gasteiger partial charge in [-0.25, -0.2) is 0 Å². The van der Waals surface area contributed by atoms with Gasteiger partial charge in [0.1, 0.15) is 0 Å². The fraction of sp³-hybridized carbons (Fsp3) is 0.541. The average molecular weight is 586 g/mol. The van der Waals surface area contributed by atoms with Crippen molar-refractivity contribution in [1.82, 2.24) is 0 Å². The molecule has 0 spiro atoms. The molecule has 1 heteroatoms. The van der Waals surface area contributed by atoms with Gasteiger partial charge in [0.25, 0.3) is 0 Å². The molecule has 0 amide bonds. The molecule has 202 valence electrons. The van der Waals surface area contributed by atoms with E-state index in [4.69, 9.17) is 0 Å². The van der Waals surface area contributed by atoms with Crippen molar-refractivity contribution in [3.63, 3.8) is 0 Å². The van der Waals surface area contributed by atoms with Crippen molar-refractivity contribution in [2.24, 2.45) is 11.3 Å². The molecule has 1 saturated carbocycles. The standard InChI is InChI=1S/C21H25.C10H15.C6H10.Zr/c1-20(2,3)16-9-7-14-11-15-8-10-17(21(4,5)6)13-19(15)18(14)12-16;1-8-5-6-9(7-8)10(2,3)4;1-2-4-6-5-3-1;/h7-13H,1-6H3;6-8H,1-4H3;1-5H2;. The minimum atomic E-state index is -2.26. The van der Waals surface area contributed by atoms with Crippen LogP contribution < -0.4 is 0 Å². The summed E-state index contributed by atoms with van der Waals surface area (Å²) in [5.74, 6) is 0.586. The van der Waals surface area contributed by atoms with Crippen LogP contribution in [0.3, 0.4) is 0 Å². The molecule has 1 fully saturated rings. The second kappa shape index (κ2) is 9.94. The Hall–Kier alpha value is -1.33. The molecule has 38 heavy (non-hydrogen) atoms. The zero-order chi connectivity index (χ0) is 27.6. The van der Waals surface area contributed by atoms with E-state index >= 15 is 0 Å². The molecule has 0 aliphatic heterocycles. The van der Waals surface area contributed by atoms with E-state index in [0.717, 1.165) is 0 Å². The maximum atomic E-state index is 2.70. The third-order valence-corrected chi connectivity index (χ3v) is 18.3. The van der Waals surface area contributed by atoms with Gasteiger partial charge in [0.05, 0.1) is 0 Å². The summed E-state index contributed by atoms with van der Waals surface area (Å²) < 4.78 is 4.47. The van der Waals surface area contributed by atoms with Crippen molar-refractivity contribution in [1.29, 1.82) is 0 Å². The van der Waals surface area contributed by atoms with Crippen LogP contribution in [0.25, 0.3) is 11.1 Å². The van der Waals surface area contributed by atoms with Gasteiger partial charge in [-0.15, -0.1) is 0 Å². The molecule has 3 aliphatic carbocycles. The molecule has 0 saturated heterocycles. The van der Waals surface area contributed by atoms with Gasteiger partial charge in [0.2, 0.25) is 0 Å². The first-order valence-corrected chi connectivity index (χ1v) is 19.0. The Labute approximate surface area is 241 Å². The van der Waals surface area contributed by atoms with Gasteiger partial charge in [-0.05, 0) is 0 Å². The number of hydrogen-bond donors (Lipinski definition) is 0. The predicted molar refractivity (Wildman–Crippen MR) is 164 cm³/mol. The number of rotatable bonds is 2. The van der Waals surface area contributed by atoms with Crippen molar-refractivity contribution < 1.29 is 21.3 Å². The summed E-state index contributed by atoms with van der Waals surface area (Å²) in [5.41, 5.74) is 11.4. The molecular weight excluding hydrogens is 536 g/mol. The fourth-order valence-electron chi connectivity index (χ4n) is 6.81. The van der Waals surface area contributed by atoms with Crippen LogP contribution in [0, 0.1) is 11.3 Å². The molecule has 3 aliphatic rings. The van der Waals surface area contributed by atoms with E-state index in [1.54, 1.807) is 16.7 Å². The first-order chi connectivity index (χ1) is 17.7. The molecule has 0 heterocycles. The molecule has 2 aromatic rings. The predicted octanol–water partition coefficient (Wildman–Crippen LogP) is 10.6. The van der Waals surface area contributed by atoms with E-state index < -0.39 is 21.3 Å². The van der Waals surface area contributed by atoms with Crippen molar-refractivity contribution >= 4 is 3.21 Å². The minimum absolute atomic E-state index is 0.155. The molecule has 1 atom stereocenters. The van der Waals surface area contributed by atoms with Crippen LogP contribution in [-0.4, -0.2) is 3.21 Å². The van der Waals surface area contributed by atoms with Crippen LogP contribution in [0.1, 0.15) is 127 Å². The zero-order valence-corrected chi connectivity index (χ0v) is 28.3. The fourth-order valence-corrected chi connectivity index (χ4v) is 16.8. The molecule has 1 unspecified atom stereocenters. The quantitative estimate of drug-likeness (QED) is 0.329. The Kier molecular flexibility index (Phi) is 7.38. The summed E-state index contributed by atoms with van der Waals surface area (Å²) >= 11 is -2.26. The number of fused-ring (bicyclic) bond motifs is 3. The van der Waals surface area contributed by atoms with Crippen LogP contribution in [0.4, 0.5) is 0 Å². The topological polar surface area (TPSA) is 0 Å². The van der Waals surface area contributed by atoms with Crippen molar-refractivity contribution in [2.75, 3.05) is 0 Å². The van der Waals surface area contributed by atoms with Crippen molar-refractivity contribution in [3.8, 4) is 11.1 Å². The van der Waals surface area contributed by atoms with E-state index in [1.807, 2.05) is 6.49 Å². The van der Waals surface area contributed by atoms with E-state index in [2.05, 4.69) is 118 Å². The van der Waals surface area contributed by atoms with Crippen LogP contribution in [0.2, 0.25) is 0 Å². The van der Waals surface area contributed by atoms with Crippen LogP contribution in [0.15, 0.2) is 57.4 Å². The summed E-state index contributed by atoms with van der Waals surface area (Å²) in [6, 6.07) is 15.2. The second-order valence-electron chi connectivity index (χ2n) is 15.4. The molecule has 0 N–H and O–H groups in total. The van der Waals surface area contributed by atoms with Crippen LogP contribution in [0.5, 0.6) is 0 Å². The Morgan fingerprint density at radius 3 is 1.58 bits per heavy atom. The summed E-state index contributed by atoms with van der Waals surface area (Å²) in [6.45, 7) is 23.8. The zero-order valence-electron chi connectivity index (χ0n) is 25.8. The monoisotopic (exact) mass is 584 g/mol. The normalized spacial score (nSPS) is 20.3. The molecule has 5 rings (SSSR count). The van der Waals surface area contributed by atoms with Gasteiger partial charge in [-0.1, -0.05) is 0 Å². The number of benzene rings is 2. The Morgan fingerprint density at radius 1 is 0.658 bits per heavy atom. The van der Waals surface area contributed by atoms with Gasteiger partial charge in [0, 0.05) is 0 Å². The molecule has 2 aromatic carbocycles. The Balaban J connectivity index is 1.77. The summed E-state index contributed by atoms with van der Waals surface area (Å²) in [6.07, 6.45) is 12.3. The molecule has 0 radical (unpaired) electrons. The second-order valence-corrected chi connectivity index (χ2v) is 22.0. The van der Waals surface area contributed by atoms with Gasteiger partial charge >= 0.3 is 242 Å². The van der Waals surface area contributed by atoms with E-state index in [9.17, 15) is 0 Å². The van der Waals surface area contributed by atoms with Crippen LogP contribution >= 0.6 is 0 Å². The summed E-state index contributed by atoms with van der Waals surface area (Å²) in [5, 5.41) is 0. The molecule has 0 nitrogen and oxygen atoms in total. The van der Waals surface area contributed by atoms with E-state index in [1.165, 1.54) is 54.4 Å². The van der Waals surface area contributed by atoms with Crippen molar-refractivity contribution in [3.05, 3.63) is 79.7 Å². The Morgan fingerprint density at radius 2 is 1.16 bits per heavy atom. The van der Waals surface area contributed by atoms with Crippen LogP contribution in [-0.2, 0) is 32.1 Å². The van der Waals surface area contributed by atoms with Gasteiger partial charge in [-0.3, -0.25) is 0 Å². The van der Waals surface area contributed by atoms with Gasteiger partial charge < -0.3 is 0 Å². The summed E-state index contributed by atoms with van der Waals surface area (Å²) in [4.78, 5) is 0. The first kappa shape index (κ1) is 28.2. The SMILES string of the molecule is CC1C=C(C(C)(C)C)C=[C]1[Zr](=[C]1CCCCC1)[CH]1c2ccc(C(C)(C)C)cc2-c2cc(C(C)(C)C)ccc21. The average Bonchev–Trinajstić information content (AvgIpc) is 3.37. The first-order valence-electron chi connectivity index (χ1n) is 15.1. The molecule has 0 bridgehead atoms. The van der Waals surface area contributed by atoms with Gasteiger partial charge in [0.15, 0.2) is 0 Å². The third-order valence-electron chi connectivity index (χ3n) is 9.29. The van der Waals surface area contributed by atoms with E-state index in [0.29, 0.717) is 9.54 Å². The van der Waals surface area contributed by atoms with E-state index in [-0.39, 0.29) is 16.2 Å².